The maximum atomic E-state index is 11.8. The van der Waals surface area contributed by atoms with Gasteiger partial charge in [0.05, 0.1) is 6.04 Å². The average Bonchev–Trinajstić information content (AvgIpc) is 2.87. The number of likely N-dealkylation sites (tertiary alicyclic amines) is 1. The lowest BCUT2D eigenvalue weighted by atomic mass is 9.91. The highest BCUT2D eigenvalue weighted by atomic mass is 16.6. The van der Waals surface area contributed by atoms with E-state index in [2.05, 4.69) is 28.7 Å². The van der Waals surface area contributed by atoms with Gasteiger partial charge >= 0.3 is 6.09 Å². The van der Waals surface area contributed by atoms with Crippen LogP contribution in [-0.4, -0.2) is 52.7 Å². The molecule has 0 radical (unpaired) electrons. The number of hydrogen-bond acceptors (Lipinski definition) is 5. The van der Waals surface area contributed by atoms with Crippen LogP contribution in [0.1, 0.15) is 39.3 Å². The van der Waals surface area contributed by atoms with Gasteiger partial charge in [0, 0.05) is 17.8 Å². The van der Waals surface area contributed by atoms with Crippen LogP contribution in [0.3, 0.4) is 0 Å². The molecule has 0 aliphatic carbocycles. The van der Waals surface area contributed by atoms with Crippen LogP contribution >= 0.6 is 0 Å². The maximum Gasteiger partial charge on any atom is 0.415 e. The Kier molecular flexibility index (Phi) is 4.80. The van der Waals surface area contributed by atoms with E-state index in [0.717, 1.165) is 25.2 Å². The molecule has 2 saturated heterocycles. The number of aromatic nitrogens is 2. The number of anilines is 1. The lowest BCUT2D eigenvalue weighted by Crippen LogP contribution is -2.38. The minimum atomic E-state index is -0.313. The topological polar surface area (TPSA) is 58.6 Å². The van der Waals surface area contributed by atoms with Crippen LogP contribution in [0.15, 0.2) is 12.4 Å². The van der Waals surface area contributed by atoms with E-state index < -0.39 is 0 Å². The molecular formula is C17H26N4O2. The molecule has 0 spiro atoms. The van der Waals surface area contributed by atoms with Crippen molar-refractivity contribution in [3.05, 3.63) is 18.1 Å². The molecule has 0 N–H and O–H groups in total. The molecule has 1 aromatic heterocycles. The molecule has 3 rings (SSSR count). The number of ether oxygens (including phenoxy) is 1. The summed E-state index contributed by atoms with van der Waals surface area (Å²) < 4.78 is 5.08. The van der Waals surface area contributed by atoms with Gasteiger partial charge in [-0.3, -0.25) is 4.90 Å². The number of hydrogen-bond donors (Lipinski definition) is 0. The molecule has 1 amide bonds. The molecule has 3 heterocycles. The summed E-state index contributed by atoms with van der Waals surface area (Å²) >= 11 is 0. The summed E-state index contributed by atoms with van der Waals surface area (Å²) in [5.41, 5.74) is 1.02. The number of carbonyl (C=O) groups excluding carboxylic acids is 1. The second kappa shape index (κ2) is 6.83. The SMILES string of the molecule is CC(C)N1CCC(Cc2cc(N3C(=O)OC[C@@H]3C)ncn2)CC1. The standard InChI is InChI=1S/C17H26N4O2/c1-12(2)20-6-4-14(5-7-20)8-15-9-16(19-11-18-15)21-13(3)10-23-17(21)22/h9,11-14H,4-8,10H2,1-3H3/t13-/m0/s1. The Morgan fingerprint density at radius 1 is 1.30 bits per heavy atom. The number of piperidine rings is 1. The summed E-state index contributed by atoms with van der Waals surface area (Å²) in [4.78, 5) is 24.6. The predicted octanol–water partition coefficient (Wildman–Crippen LogP) is 2.48. The van der Waals surface area contributed by atoms with Gasteiger partial charge in [-0.15, -0.1) is 0 Å². The second-order valence-electron chi connectivity index (χ2n) is 6.94. The van der Waals surface area contributed by atoms with Crippen molar-refractivity contribution in [2.75, 3.05) is 24.6 Å². The largest absolute Gasteiger partial charge is 0.447 e. The van der Waals surface area contributed by atoms with Crippen molar-refractivity contribution < 1.29 is 9.53 Å². The van der Waals surface area contributed by atoms with Gasteiger partial charge < -0.3 is 9.64 Å². The van der Waals surface area contributed by atoms with E-state index in [1.807, 2.05) is 13.0 Å². The van der Waals surface area contributed by atoms with E-state index >= 15 is 0 Å². The molecule has 6 nitrogen and oxygen atoms in total. The van der Waals surface area contributed by atoms with Gasteiger partial charge in [0.25, 0.3) is 0 Å². The lowest BCUT2D eigenvalue weighted by Gasteiger charge is -2.34. The maximum absolute atomic E-state index is 11.8. The van der Waals surface area contributed by atoms with Crippen molar-refractivity contribution in [1.82, 2.24) is 14.9 Å². The number of cyclic esters (lactones) is 1. The van der Waals surface area contributed by atoms with Crippen LogP contribution < -0.4 is 4.90 Å². The van der Waals surface area contributed by atoms with Crippen molar-refractivity contribution in [2.45, 2.75) is 52.1 Å². The highest BCUT2D eigenvalue weighted by Crippen LogP contribution is 2.25. The molecule has 0 bridgehead atoms. The van der Waals surface area contributed by atoms with Gasteiger partial charge in [-0.1, -0.05) is 0 Å². The van der Waals surface area contributed by atoms with Gasteiger partial charge in [0.1, 0.15) is 18.8 Å². The Morgan fingerprint density at radius 2 is 2.04 bits per heavy atom. The summed E-state index contributed by atoms with van der Waals surface area (Å²) in [6.07, 6.45) is 4.62. The predicted molar refractivity (Wildman–Crippen MR) is 88.5 cm³/mol. The van der Waals surface area contributed by atoms with Crippen molar-refractivity contribution in [1.29, 1.82) is 0 Å². The first-order valence-corrected chi connectivity index (χ1v) is 8.55. The third-order valence-corrected chi connectivity index (χ3v) is 4.92. The minimum Gasteiger partial charge on any atom is -0.447 e. The van der Waals surface area contributed by atoms with E-state index in [4.69, 9.17) is 4.74 Å². The summed E-state index contributed by atoms with van der Waals surface area (Å²) in [5, 5.41) is 0. The van der Waals surface area contributed by atoms with E-state index in [9.17, 15) is 4.79 Å². The van der Waals surface area contributed by atoms with E-state index in [-0.39, 0.29) is 12.1 Å². The van der Waals surface area contributed by atoms with Crippen LogP contribution in [0.25, 0.3) is 0 Å². The van der Waals surface area contributed by atoms with Crippen LogP contribution in [-0.2, 0) is 11.2 Å². The molecule has 126 valence electrons. The molecule has 1 aromatic rings. The summed E-state index contributed by atoms with van der Waals surface area (Å²) in [6.45, 7) is 9.23. The number of nitrogens with zero attached hydrogens (tertiary/aromatic N) is 4. The smallest absolute Gasteiger partial charge is 0.415 e. The number of rotatable bonds is 4. The van der Waals surface area contributed by atoms with Crippen LogP contribution in [0.4, 0.5) is 10.6 Å². The Labute approximate surface area is 137 Å². The molecule has 2 aliphatic heterocycles. The normalized spacial score (nSPS) is 23.6. The van der Waals surface area contributed by atoms with Crippen LogP contribution in [0, 0.1) is 5.92 Å². The number of carbonyl (C=O) groups is 1. The first-order valence-electron chi connectivity index (χ1n) is 8.55. The molecule has 6 heteroatoms. The molecule has 0 saturated carbocycles. The Bertz CT molecular complexity index is 555. The number of amides is 1. The van der Waals surface area contributed by atoms with E-state index in [1.54, 1.807) is 11.2 Å². The van der Waals surface area contributed by atoms with E-state index in [1.165, 1.54) is 12.8 Å². The van der Waals surface area contributed by atoms with Gasteiger partial charge in [-0.05, 0) is 59.0 Å². The first kappa shape index (κ1) is 16.2. The molecule has 23 heavy (non-hydrogen) atoms. The first-order chi connectivity index (χ1) is 11.0. The third kappa shape index (κ3) is 3.63. The monoisotopic (exact) mass is 318 g/mol. The molecule has 1 atom stereocenters. The fourth-order valence-electron chi connectivity index (χ4n) is 3.43. The van der Waals surface area contributed by atoms with E-state index in [0.29, 0.717) is 24.4 Å². The zero-order valence-electron chi connectivity index (χ0n) is 14.2. The van der Waals surface area contributed by atoms with Crippen molar-refractivity contribution in [2.24, 2.45) is 5.92 Å². The van der Waals surface area contributed by atoms with Crippen molar-refractivity contribution >= 4 is 11.9 Å². The summed E-state index contributed by atoms with van der Waals surface area (Å²) in [5.74, 6) is 1.32. The zero-order chi connectivity index (χ0) is 16.4. The van der Waals surface area contributed by atoms with Crippen LogP contribution in [0.2, 0.25) is 0 Å². The Hall–Kier alpha value is -1.69. The van der Waals surface area contributed by atoms with Crippen molar-refractivity contribution in [3.8, 4) is 0 Å². The van der Waals surface area contributed by atoms with Gasteiger partial charge in [-0.25, -0.2) is 14.8 Å². The molecule has 2 fully saturated rings. The second-order valence-corrected chi connectivity index (χ2v) is 6.94. The average molecular weight is 318 g/mol. The fourth-order valence-corrected chi connectivity index (χ4v) is 3.43. The molecule has 2 aliphatic rings. The van der Waals surface area contributed by atoms with Crippen molar-refractivity contribution in [3.63, 3.8) is 0 Å². The summed E-state index contributed by atoms with van der Waals surface area (Å²) in [6, 6.07) is 2.60. The quantitative estimate of drug-likeness (QED) is 0.853. The highest BCUT2D eigenvalue weighted by Gasteiger charge is 2.32. The Balaban J connectivity index is 1.63. The fraction of sp³-hybridized carbons (Fsp3) is 0.706. The van der Waals surface area contributed by atoms with Gasteiger partial charge in [-0.2, -0.15) is 0 Å². The van der Waals surface area contributed by atoms with Crippen LogP contribution in [0.5, 0.6) is 0 Å². The third-order valence-electron chi connectivity index (χ3n) is 4.92. The molecule has 0 aromatic carbocycles. The minimum absolute atomic E-state index is 0.0273. The lowest BCUT2D eigenvalue weighted by molar-refractivity contribution is 0.149. The highest BCUT2D eigenvalue weighted by molar-refractivity contribution is 5.88. The summed E-state index contributed by atoms with van der Waals surface area (Å²) in [7, 11) is 0. The zero-order valence-corrected chi connectivity index (χ0v) is 14.2. The molecule has 0 unspecified atom stereocenters. The Morgan fingerprint density at radius 3 is 2.65 bits per heavy atom. The van der Waals surface area contributed by atoms with Gasteiger partial charge in [0.15, 0.2) is 0 Å². The molecular weight excluding hydrogens is 292 g/mol. The van der Waals surface area contributed by atoms with Gasteiger partial charge in [0.2, 0.25) is 0 Å².